The molecule has 2 atom stereocenters. The van der Waals surface area contributed by atoms with Gasteiger partial charge < -0.3 is 5.73 Å². The summed E-state index contributed by atoms with van der Waals surface area (Å²) in [5.74, 6) is 1.24. The Bertz CT molecular complexity index is 180. The Morgan fingerprint density at radius 1 is 1.64 bits per heavy atom. The molecular weight excluding hydrogens is 158 g/mol. The van der Waals surface area contributed by atoms with Gasteiger partial charge in [-0.2, -0.15) is 0 Å². The van der Waals surface area contributed by atoms with Gasteiger partial charge in [-0.3, -0.25) is 0 Å². The molecular formula is C9H16ClN. The maximum Gasteiger partial charge on any atom is 0.0113 e. The lowest BCUT2D eigenvalue weighted by atomic mass is 10.1. The van der Waals surface area contributed by atoms with Crippen LogP contribution in [0.2, 0.25) is 0 Å². The van der Waals surface area contributed by atoms with Crippen LogP contribution in [0.15, 0.2) is 11.1 Å². The van der Waals surface area contributed by atoms with Crippen LogP contribution in [0.4, 0.5) is 0 Å². The molecule has 1 rings (SSSR count). The molecule has 1 nitrogen and oxygen atoms in total. The van der Waals surface area contributed by atoms with Crippen LogP contribution in [0, 0.1) is 17.3 Å². The highest BCUT2D eigenvalue weighted by Crippen LogP contribution is 2.58. The molecule has 0 aliphatic heterocycles. The third-order valence-electron chi connectivity index (χ3n) is 2.80. The zero-order valence-electron chi connectivity index (χ0n) is 7.39. The second kappa shape index (κ2) is 2.80. The Morgan fingerprint density at radius 2 is 2.18 bits per heavy atom. The van der Waals surface area contributed by atoms with Crippen LogP contribution < -0.4 is 5.73 Å². The van der Waals surface area contributed by atoms with E-state index in [0.717, 1.165) is 11.6 Å². The molecule has 0 amide bonds. The second-order valence-corrected chi connectivity index (χ2v) is 4.54. The molecule has 1 fully saturated rings. The summed E-state index contributed by atoms with van der Waals surface area (Å²) in [7, 11) is 0. The van der Waals surface area contributed by atoms with Crippen molar-refractivity contribution in [2.24, 2.45) is 23.0 Å². The van der Waals surface area contributed by atoms with E-state index in [0.29, 0.717) is 17.3 Å². The number of hydrogen-bond donors (Lipinski definition) is 1. The molecule has 0 spiro atoms. The van der Waals surface area contributed by atoms with Crippen molar-refractivity contribution < 1.29 is 0 Å². The second-order valence-electron chi connectivity index (χ2n) is 3.94. The standard InChI is InChI=1S/C9H16ClN/c1-6(10)4-7-8(5-11)9(7,2)3/h4,7-8H,5,11H2,1-3H3/b6-4-/t7-,8-/m1/s1. The van der Waals surface area contributed by atoms with Gasteiger partial charge in [0.05, 0.1) is 0 Å². The predicted octanol–water partition coefficient (Wildman–Crippen LogP) is 2.36. The maximum atomic E-state index is 5.78. The molecule has 1 aliphatic rings. The van der Waals surface area contributed by atoms with Crippen molar-refractivity contribution in [1.82, 2.24) is 0 Å². The van der Waals surface area contributed by atoms with E-state index >= 15 is 0 Å². The van der Waals surface area contributed by atoms with E-state index in [-0.39, 0.29) is 0 Å². The first-order chi connectivity index (χ1) is 5.00. The fourth-order valence-electron chi connectivity index (χ4n) is 1.82. The minimum absolute atomic E-state index is 0.380. The number of rotatable bonds is 2. The Balaban J connectivity index is 2.59. The van der Waals surface area contributed by atoms with Gasteiger partial charge in [-0.05, 0) is 30.7 Å². The van der Waals surface area contributed by atoms with Crippen molar-refractivity contribution in [3.05, 3.63) is 11.1 Å². The van der Waals surface area contributed by atoms with Gasteiger partial charge in [0.2, 0.25) is 0 Å². The molecule has 0 radical (unpaired) electrons. The molecule has 1 saturated carbocycles. The van der Waals surface area contributed by atoms with E-state index < -0.39 is 0 Å². The smallest absolute Gasteiger partial charge is 0.0113 e. The number of halogens is 1. The molecule has 2 N–H and O–H groups in total. The van der Waals surface area contributed by atoms with E-state index in [9.17, 15) is 0 Å². The summed E-state index contributed by atoms with van der Waals surface area (Å²) in [5.41, 5.74) is 5.98. The first kappa shape index (κ1) is 9.08. The predicted molar refractivity (Wildman–Crippen MR) is 49.4 cm³/mol. The van der Waals surface area contributed by atoms with Crippen molar-refractivity contribution in [2.75, 3.05) is 6.54 Å². The highest BCUT2D eigenvalue weighted by Gasteiger charge is 2.55. The van der Waals surface area contributed by atoms with Crippen LogP contribution in [0.5, 0.6) is 0 Å². The van der Waals surface area contributed by atoms with Crippen molar-refractivity contribution in [2.45, 2.75) is 20.8 Å². The van der Waals surface area contributed by atoms with E-state index in [2.05, 4.69) is 19.9 Å². The van der Waals surface area contributed by atoms with Crippen molar-refractivity contribution >= 4 is 11.6 Å². The lowest BCUT2D eigenvalue weighted by Crippen LogP contribution is -2.05. The minimum atomic E-state index is 0.380. The normalized spacial score (nSPS) is 35.5. The summed E-state index contributed by atoms with van der Waals surface area (Å²) in [6.07, 6.45) is 2.12. The van der Waals surface area contributed by atoms with Crippen molar-refractivity contribution in [1.29, 1.82) is 0 Å². The van der Waals surface area contributed by atoms with Gasteiger partial charge >= 0.3 is 0 Å². The Hall–Kier alpha value is -0.0100. The molecule has 0 aromatic carbocycles. The lowest BCUT2D eigenvalue weighted by Gasteiger charge is -1.97. The molecule has 0 saturated heterocycles. The van der Waals surface area contributed by atoms with Crippen molar-refractivity contribution in [3.8, 4) is 0 Å². The van der Waals surface area contributed by atoms with Crippen LogP contribution >= 0.6 is 11.6 Å². The van der Waals surface area contributed by atoms with Gasteiger partial charge in [-0.15, -0.1) is 0 Å². The fourth-order valence-corrected chi connectivity index (χ4v) is 1.95. The Kier molecular flexibility index (Phi) is 2.31. The molecule has 64 valence electrons. The van der Waals surface area contributed by atoms with Crippen LogP contribution in [0.25, 0.3) is 0 Å². The third kappa shape index (κ3) is 1.60. The SMILES string of the molecule is C/C(Cl)=C/[C@@H]1[C@@H](CN)C1(C)C. The molecule has 0 heterocycles. The molecule has 1 aliphatic carbocycles. The van der Waals surface area contributed by atoms with Crippen molar-refractivity contribution in [3.63, 3.8) is 0 Å². The summed E-state index contributed by atoms with van der Waals surface area (Å²) < 4.78 is 0. The molecule has 2 heteroatoms. The third-order valence-corrected chi connectivity index (χ3v) is 2.93. The average Bonchev–Trinajstić information content (AvgIpc) is 2.33. The summed E-state index contributed by atoms with van der Waals surface area (Å²) >= 11 is 5.78. The van der Waals surface area contributed by atoms with E-state index in [1.807, 2.05) is 6.92 Å². The highest BCUT2D eigenvalue weighted by atomic mass is 35.5. The summed E-state index contributed by atoms with van der Waals surface area (Å²) in [4.78, 5) is 0. The quantitative estimate of drug-likeness (QED) is 0.682. The zero-order valence-corrected chi connectivity index (χ0v) is 8.15. The van der Waals surface area contributed by atoms with Crippen LogP contribution in [0.3, 0.4) is 0 Å². The largest absolute Gasteiger partial charge is 0.330 e. The number of nitrogens with two attached hydrogens (primary N) is 1. The van der Waals surface area contributed by atoms with Gasteiger partial charge in [0, 0.05) is 5.03 Å². The maximum absolute atomic E-state index is 5.78. The molecule has 11 heavy (non-hydrogen) atoms. The molecule has 0 unspecified atom stereocenters. The summed E-state index contributed by atoms with van der Waals surface area (Å²) in [6.45, 7) is 7.18. The van der Waals surface area contributed by atoms with Crippen LogP contribution in [0.1, 0.15) is 20.8 Å². The van der Waals surface area contributed by atoms with Gasteiger partial charge in [0.25, 0.3) is 0 Å². The fraction of sp³-hybridized carbons (Fsp3) is 0.778. The zero-order chi connectivity index (χ0) is 8.65. The van der Waals surface area contributed by atoms with E-state index in [1.165, 1.54) is 0 Å². The highest BCUT2D eigenvalue weighted by molar-refractivity contribution is 6.29. The van der Waals surface area contributed by atoms with Gasteiger partial charge in [0.15, 0.2) is 0 Å². The number of hydrogen-bond acceptors (Lipinski definition) is 1. The van der Waals surface area contributed by atoms with Crippen LogP contribution in [-0.4, -0.2) is 6.54 Å². The monoisotopic (exact) mass is 173 g/mol. The van der Waals surface area contributed by atoms with Gasteiger partial charge in [-0.1, -0.05) is 31.5 Å². The Morgan fingerprint density at radius 3 is 2.45 bits per heavy atom. The van der Waals surface area contributed by atoms with Gasteiger partial charge in [0.1, 0.15) is 0 Å². The molecule has 0 aromatic rings. The number of allylic oxidation sites excluding steroid dienone is 2. The summed E-state index contributed by atoms with van der Waals surface area (Å²) in [6, 6.07) is 0. The molecule has 0 bridgehead atoms. The lowest BCUT2D eigenvalue weighted by molar-refractivity contribution is 0.555. The van der Waals surface area contributed by atoms with Gasteiger partial charge in [-0.25, -0.2) is 0 Å². The molecule has 0 aromatic heterocycles. The van der Waals surface area contributed by atoms with E-state index in [4.69, 9.17) is 17.3 Å². The topological polar surface area (TPSA) is 26.0 Å². The first-order valence-corrected chi connectivity index (χ1v) is 4.42. The van der Waals surface area contributed by atoms with Crippen LogP contribution in [-0.2, 0) is 0 Å². The van der Waals surface area contributed by atoms with E-state index in [1.54, 1.807) is 0 Å². The average molecular weight is 174 g/mol. The Labute approximate surface area is 73.6 Å². The summed E-state index contributed by atoms with van der Waals surface area (Å²) in [5, 5.41) is 0.888. The first-order valence-electron chi connectivity index (χ1n) is 4.04. The minimum Gasteiger partial charge on any atom is -0.330 e.